The first kappa shape index (κ1) is 14.8. The maximum Gasteiger partial charge on any atom is 0.178 e. The van der Waals surface area contributed by atoms with Gasteiger partial charge in [0.2, 0.25) is 0 Å². The molecule has 0 fully saturated rings. The molecule has 0 heterocycles. The van der Waals surface area contributed by atoms with Gasteiger partial charge in [-0.25, -0.2) is 8.42 Å². The molecule has 0 aliphatic heterocycles. The van der Waals surface area contributed by atoms with Crippen molar-refractivity contribution in [2.45, 2.75) is 30.6 Å². The topological polar surface area (TPSA) is 34.1 Å². The molecule has 96 valence electrons. The van der Waals surface area contributed by atoms with Crippen LogP contribution in [0.4, 0.5) is 0 Å². The SMILES string of the molecule is O=S(=O)(CCCCCCCl)c1cccc(Cl)c1. The molecule has 0 bridgehead atoms. The van der Waals surface area contributed by atoms with E-state index in [0.29, 0.717) is 22.2 Å². The second-order valence-electron chi connectivity index (χ2n) is 3.88. The summed E-state index contributed by atoms with van der Waals surface area (Å²) in [5.74, 6) is 0.816. The smallest absolute Gasteiger partial charge is 0.178 e. The van der Waals surface area contributed by atoms with E-state index < -0.39 is 9.84 Å². The molecule has 0 aliphatic rings. The summed E-state index contributed by atoms with van der Waals surface area (Å²) in [7, 11) is -3.19. The van der Waals surface area contributed by atoms with Crippen LogP contribution in [0, 0.1) is 0 Å². The van der Waals surface area contributed by atoms with Gasteiger partial charge in [-0.3, -0.25) is 0 Å². The van der Waals surface area contributed by atoms with E-state index in [0.717, 1.165) is 19.3 Å². The summed E-state index contributed by atoms with van der Waals surface area (Å²) in [6, 6.07) is 6.40. The molecular formula is C12H16Cl2O2S. The molecule has 0 N–H and O–H groups in total. The van der Waals surface area contributed by atoms with Gasteiger partial charge in [0.15, 0.2) is 9.84 Å². The molecule has 0 aliphatic carbocycles. The van der Waals surface area contributed by atoms with Crippen molar-refractivity contribution in [2.24, 2.45) is 0 Å². The third-order valence-corrected chi connectivity index (χ3v) is 4.75. The molecular weight excluding hydrogens is 279 g/mol. The van der Waals surface area contributed by atoms with Crippen molar-refractivity contribution in [2.75, 3.05) is 11.6 Å². The van der Waals surface area contributed by atoms with Crippen molar-refractivity contribution in [3.05, 3.63) is 29.3 Å². The highest BCUT2D eigenvalue weighted by Crippen LogP contribution is 2.18. The van der Waals surface area contributed by atoms with Crippen molar-refractivity contribution >= 4 is 33.0 Å². The first-order chi connectivity index (χ1) is 8.06. The van der Waals surface area contributed by atoms with Gasteiger partial charge < -0.3 is 0 Å². The van der Waals surface area contributed by atoms with Gasteiger partial charge in [0, 0.05) is 10.9 Å². The summed E-state index contributed by atoms with van der Waals surface area (Å²) in [6.45, 7) is 0. The quantitative estimate of drug-likeness (QED) is 0.564. The number of hydrogen-bond donors (Lipinski definition) is 0. The fraction of sp³-hybridized carbons (Fsp3) is 0.500. The Hall–Kier alpha value is -0.250. The summed E-state index contributed by atoms with van der Waals surface area (Å²) in [4.78, 5) is 0.308. The fourth-order valence-corrected chi connectivity index (χ4v) is 3.37. The molecule has 0 saturated carbocycles. The zero-order chi connectivity index (χ0) is 12.7. The maximum atomic E-state index is 11.9. The van der Waals surface area contributed by atoms with E-state index in [1.54, 1.807) is 18.2 Å². The maximum absolute atomic E-state index is 11.9. The number of rotatable bonds is 7. The average molecular weight is 295 g/mol. The van der Waals surface area contributed by atoms with E-state index in [1.807, 2.05) is 0 Å². The second-order valence-corrected chi connectivity index (χ2v) is 6.80. The number of sulfone groups is 1. The highest BCUT2D eigenvalue weighted by atomic mass is 35.5. The van der Waals surface area contributed by atoms with Gasteiger partial charge in [-0.05, 0) is 31.0 Å². The zero-order valence-corrected chi connectivity index (χ0v) is 11.9. The lowest BCUT2D eigenvalue weighted by Gasteiger charge is -2.04. The van der Waals surface area contributed by atoms with E-state index in [1.165, 1.54) is 6.07 Å². The van der Waals surface area contributed by atoms with Gasteiger partial charge in [-0.15, -0.1) is 11.6 Å². The predicted octanol–water partition coefficient (Wildman–Crippen LogP) is 3.91. The molecule has 0 saturated heterocycles. The van der Waals surface area contributed by atoms with Crippen molar-refractivity contribution in [3.8, 4) is 0 Å². The first-order valence-electron chi connectivity index (χ1n) is 5.60. The van der Waals surface area contributed by atoms with E-state index in [2.05, 4.69) is 0 Å². The van der Waals surface area contributed by atoms with Gasteiger partial charge in [0.25, 0.3) is 0 Å². The van der Waals surface area contributed by atoms with Gasteiger partial charge in [0.05, 0.1) is 10.6 Å². The van der Waals surface area contributed by atoms with Gasteiger partial charge >= 0.3 is 0 Å². The lowest BCUT2D eigenvalue weighted by molar-refractivity contribution is 0.589. The Morgan fingerprint density at radius 3 is 2.41 bits per heavy atom. The van der Waals surface area contributed by atoms with Crippen LogP contribution in [-0.2, 0) is 9.84 Å². The summed E-state index contributed by atoms with van der Waals surface area (Å²) >= 11 is 11.3. The van der Waals surface area contributed by atoms with Crippen molar-refractivity contribution < 1.29 is 8.42 Å². The first-order valence-corrected chi connectivity index (χ1v) is 8.17. The molecule has 0 amide bonds. The van der Waals surface area contributed by atoms with Crippen molar-refractivity contribution in [1.29, 1.82) is 0 Å². The number of hydrogen-bond acceptors (Lipinski definition) is 2. The minimum atomic E-state index is -3.19. The van der Waals surface area contributed by atoms with Crippen LogP contribution in [0.15, 0.2) is 29.2 Å². The second kappa shape index (κ2) is 7.24. The lowest BCUT2D eigenvalue weighted by atomic mass is 10.2. The molecule has 1 aromatic carbocycles. The normalized spacial score (nSPS) is 11.6. The molecule has 0 spiro atoms. The standard InChI is InChI=1S/C12H16Cl2O2S/c13-8-3-1-2-4-9-17(15,16)12-7-5-6-11(14)10-12/h5-7,10H,1-4,8-9H2. The molecule has 2 nitrogen and oxygen atoms in total. The summed E-state index contributed by atoms with van der Waals surface area (Å²) in [5.41, 5.74) is 0. The largest absolute Gasteiger partial charge is 0.224 e. The van der Waals surface area contributed by atoms with Crippen LogP contribution in [0.5, 0.6) is 0 Å². The van der Waals surface area contributed by atoms with E-state index >= 15 is 0 Å². The average Bonchev–Trinajstić information content (AvgIpc) is 2.29. The molecule has 0 unspecified atom stereocenters. The van der Waals surface area contributed by atoms with Gasteiger partial charge in [0.1, 0.15) is 0 Å². The van der Waals surface area contributed by atoms with Crippen molar-refractivity contribution in [1.82, 2.24) is 0 Å². The van der Waals surface area contributed by atoms with Crippen LogP contribution in [-0.4, -0.2) is 20.1 Å². The molecule has 0 aromatic heterocycles. The number of alkyl halides is 1. The Balaban J connectivity index is 2.51. The van der Waals surface area contributed by atoms with Crippen LogP contribution < -0.4 is 0 Å². The Morgan fingerprint density at radius 1 is 1.06 bits per heavy atom. The van der Waals surface area contributed by atoms with Gasteiger partial charge in [-0.1, -0.05) is 30.5 Å². The number of benzene rings is 1. The summed E-state index contributed by atoms with van der Waals surface area (Å²) < 4.78 is 23.9. The van der Waals surface area contributed by atoms with Gasteiger partial charge in [-0.2, -0.15) is 0 Å². The summed E-state index contributed by atoms with van der Waals surface area (Å²) in [5, 5.41) is 0.452. The third kappa shape index (κ3) is 5.28. The molecule has 0 atom stereocenters. The highest BCUT2D eigenvalue weighted by Gasteiger charge is 2.13. The Kier molecular flexibility index (Phi) is 6.31. The predicted molar refractivity (Wildman–Crippen MR) is 72.7 cm³/mol. The minimum absolute atomic E-state index is 0.176. The van der Waals surface area contributed by atoms with Crippen molar-refractivity contribution in [3.63, 3.8) is 0 Å². The molecule has 1 aromatic rings. The van der Waals surface area contributed by atoms with Crippen LogP contribution in [0.3, 0.4) is 0 Å². The Labute approximate surface area is 113 Å². The highest BCUT2D eigenvalue weighted by molar-refractivity contribution is 7.91. The van der Waals surface area contributed by atoms with E-state index in [4.69, 9.17) is 23.2 Å². The van der Waals surface area contributed by atoms with Crippen LogP contribution in [0.2, 0.25) is 5.02 Å². The van der Waals surface area contributed by atoms with Crippen LogP contribution in [0.25, 0.3) is 0 Å². The van der Waals surface area contributed by atoms with E-state index in [-0.39, 0.29) is 5.75 Å². The monoisotopic (exact) mass is 294 g/mol. The number of unbranched alkanes of at least 4 members (excludes halogenated alkanes) is 3. The summed E-state index contributed by atoms with van der Waals surface area (Å²) in [6.07, 6.45) is 3.49. The molecule has 1 rings (SSSR count). The number of halogens is 2. The Bertz CT molecular complexity index is 444. The van der Waals surface area contributed by atoms with E-state index in [9.17, 15) is 8.42 Å². The molecule has 17 heavy (non-hydrogen) atoms. The third-order valence-electron chi connectivity index (χ3n) is 2.45. The minimum Gasteiger partial charge on any atom is -0.224 e. The van der Waals surface area contributed by atoms with Crippen LogP contribution in [0.1, 0.15) is 25.7 Å². The Morgan fingerprint density at radius 2 is 1.76 bits per heavy atom. The molecule has 0 radical (unpaired) electrons. The lowest BCUT2D eigenvalue weighted by Crippen LogP contribution is -2.06. The zero-order valence-electron chi connectivity index (χ0n) is 9.53. The fourth-order valence-electron chi connectivity index (χ4n) is 1.52. The molecule has 5 heteroatoms. The van der Waals surface area contributed by atoms with Crippen LogP contribution >= 0.6 is 23.2 Å².